The molecule has 0 aliphatic heterocycles. The van der Waals surface area contributed by atoms with Crippen molar-refractivity contribution < 1.29 is 9.53 Å². The minimum Gasteiger partial charge on any atom is -0.492 e. The maximum Gasteiger partial charge on any atom is 0.270 e. The van der Waals surface area contributed by atoms with E-state index in [2.05, 4.69) is 20.6 Å². The zero-order valence-corrected chi connectivity index (χ0v) is 16.3. The van der Waals surface area contributed by atoms with Crippen LogP contribution in [-0.2, 0) is 6.54 Å². The van der Waals surface area contributed by atoms with E-state index in [0.717, 1.165) is 11.3 Å². The Balaban J connectivity index is 1.74. The molecule has 3 aromatic rings. The molecule has 1 heterocycles. The van der Waals surface area contributed by atoms with E-state index in [-0.39, 0.29) is 5.91 Å². The minimum absolute atomic E-state index is 0.243. The summed E-state index contributed by atoms with van der Waals surface area (Å²) in [7, 11) is 0. The Bertz CT molecular complexity index is 955. The second-order valence-electron chi connectivity index (χ2n) is 6.44. The number of carbonyl (C=O) groups excluding carboxylic acids is 1. The van der Waals surface area contributed by atoms with E-state index in [0.29, 0.717) is 36.2 Å². The molecular formula is C22H24N4O2. The smallest absolute Gasteiger partial charge is 0.270 e. The van der Waals surface area contributed by atoms with Crippen molar-refractivity contribution in [2.24, 2.45) is 0 Å². The molecule has 0 bridgehead atoms. The fraction of sp³-hybridized carbons (Fsp3) is 0.227. The van der Waals surface area contributed by atoms with Crippen molar-refractivity contribution >= 4 is 17.5 Å². The van der Waals surface area contributed by atoms with Gasteiger partial charge in [0.1, 0.15) is 11.4 Å². The quantitative estimate of drug-likeness (QED) is 0.647. The number of amides is 1. The van der Waals surface area contributed by atoms with Gasteiger partial charge in [0.15, 0.2) is 0 Å². The molecule has 1 aromatic heterocycles. The third kappa shape index (κ3) is 5.07. The maximum atomic E-state index is 12.6. The van der Waals surface area contributed by atoms with Gasteiger partial charge in [0.05, 0.1) is 12.3 Å². The number of anilines is 2. The van der Waals surface area contributed by atoms with E-state index in [1.165, 1.54) is 5.56 Å². The lowest BCUT2D eigenvalue weighted by Gasteiger charge is -2.12. The van der Waals surface area contributed by atoms with Crippen LogP contribution in [0.5, 0.6) is 5.75 Å². The predicted molar refractivity (Wildman–Crippen MR) is 110 cm³/mol. The molecule has 144 valence electrons. The van der Waals surface area contributed by atoms with E-state index in [9.17, 15) is 4.79 Å². The Morgan fingerprint density at radius 3 is 2.54 bits per heavy atom. The zero-order valence-electron chi connectivity index (χ0n) is 16.3. The summed E-state index contributed by atoms with van der Waals surface area (Å²) in [6.45, 7) is 6.79. The highest BCUT2D eigenvalue weighted by atomic mass is 16.5. The zero-order chi connectivity index (χ0) is 19.9. The number of benzene rings is 2. The van der Waals surface area contributed by atoms with E-state index in [1.54, 1.807) is 6.07 Å². The van der Waals surface area contributed by atoms with Crippen molar-refractivity contribution in [1.29, 1.82) is 0 Å². The molecule has 2 aromatic carbocycles. The van der Waals surface area contributed by atoms with Crippen molar-refractivity contribution in [2.75, 3.05) is 11.9 Å². The lowest BCUT2D eigenvalue weighted by Crippen LogP contribution is -2.24. The van der Waals surface area contributed by atoms with Crippen molar-refractivity contribution in [1.82, 2.24) is 15.3 Å². The number of hydrogen-bond acceptors (Lipinski definition) is 5. The third-order valence-electron chi connectivity index (χ3n) is 4.09. The van der Waals surface area contributed by atoms with Crippen LogP contribution in [0.25, 0.3) is 0 Å². The van der Waals surface area contributed by atoms with Crippen LogP contribution in [0, 0.1) is 13.8 Å². The molecule has 0 unspecified atom stereocenters. The molecule has 0 atom stereocenters. The van der Waals surface area contributed by atoms with Gasteiger partial charge >= 0.3 is 0 Å². The number of nitrogens with zero attached hydrogens (tertiary/aromatic N) is 2. The predicted octanol–water partition coefficient (Wildman–Crippen LogP) is 4.17. The Kier molecular flexibility index (Phi) is 6.22. The van der Waals surface area contributed by atoms with Crippen molar-refractivity contribution in [3.8, 4) is 5.75 Å². The Labute approximate surface area is 165 Å². The monoisotopic (exact) mass is 376 g/mol. The Morgan fingerprint density at radius 1 is 1.04 bits per heavy atom. The summed E-state index contributed by atoms with van der Waals surface area (Å²) >= 11 is 0. The van der Waals surface area contributed by atoms with Crippen LogP contribution in [0.2, 0.25) is 0 Å². The van der Waals surface area contributed by atoms with Crippen molar-refractivity contribution in [3.63, 3.8) is 0 Å². The fourth-order valence-corrected chi connectivity index (χ4v) is 2.69. The van der Waals surface area contributed by atoms with E-state index >= 15 is 0 Å². The number of aryl methyl sites for hydroxylation is 2. The van der Waals surface area contributed by atoms with Gasteiger partial charge < -0.3 is 15.4 Å². The van der Waals surface area contributed by atoms with Gasteiger partial charge in [0.25, 0.3) is 5.91 Å². The second kappa shape index (κ2) is 8.99. The van der Waals surface area contributed by atoms with Crippen LogP contribution in [-0.4, -0.2) is 22.5 Å². The molecule has 0 fully saturated rings. The van der Waals surface area contributed by atoms with Crippen molar-refractivity contribution in [3.05, 3.63) is 77.1 Å². The topological polar surface area (TPSA) is 76.1 Å². The first-order valence-electron chi connectivity index (χ1n) is 9.23. The average Bonchev–Trinajstić information content (AvgIpc) is 2.68. The molecule has 0 spiro atoms. The van der Waals surface area contributed by atoms with Gasteiger partial charge in [-0.1, -0.05) is 42.0 Å². The van der Waals surface area contributed by atoms with Crippen LogP contribution in [0.15, 0.2) is 54.6 Å². The first kappa shape index (κ1) is 19.4. The first-order valence-corrected chi connectivity index (χ1v) is 9.23. The first-order chi connectivity index (χ1) is 13.5. The van der Waals surface area contributed by atoms with E-state index in [4.69, 9.17) is 4.74 Å². The number of para-hydroxylation sites is 2. The molecular weight excluding hydrogens is 352 g/mol. The largest absolute Gasteiger partial charge is 0.492 e. The van der Waals surface area contributed by atoms with E-state index in [1.807, 2.05) is 69.3 Å². The van der Waals surface area contributed by atoms with Gasteiger partial charge in [0.2, 0.25) is 5.95 Å². The molecule has 3 rings (SSSR count). The summed E-state index contributed by atoms with van der Waals surface area (Å²) < 4.78 is 5.62. The standard InChI is InChI=1S/C22H24N4O2/c1-4-28-20-8-6-5-7-18(20)25-22-24-16(3)13-19(26-22)21(27)23-14-17-11-9-15(2)10-12-17/h5-13H,4,14H2,1-3H3,(H,23,27)(H,24,25,26). The van der Waals surface area contributed by atoms with Crippen LogP contribution >= 0.6 is 0 Å². The van der Waals surface area contributed by atoms with Gasteiger partial charge in [-0.3, -0.25) is 4.79 Å². The average molecular weight is 376 g/mol. The van der Waals surface area contributed by atoms with Gasteiger partial charge in [-0.2, -0.15) is 0 Å². The molecule has 2 N–H and O–H groups in total. The molecule has 0 aliphatic rings. The maximum absolute atomic E-state index is 12.6. The highest BCUT2D eigenvalue weighted by Gasteiger charge is 2.12. The highest BCUT2D eigenvalue weighted by molar-refractivity contribution is 5.92. The normalized spacial score (nSPS) is 10.4. The molecule has 0 aliphatic carbocycles. The van der Waals surface area contributed by atoms with Crippen LogP contribution in [0.4, 0.5) is 11.6 Å². The van der Waals surface area contributed by atoms with Crippen LogP contribution < -0.4 is 15.4 Å². The Morgan fingerprint density at radius 2 is 1.79 bits per heavy atom. The second-order valence-corrected chi connectivity index (χ2v) is 6.44. The summed E-state index contributed by atoms with van der Waals surface area (Å²) in [6, 6.07) is 17.3. The highest BCUT2D eigenvalue weighted by Crippen LogP contribution is 2.26. The lowest BCUT2D eigenvalue weighted by atomic mass is 10.1. The van der Waals surface area contributed by atoms with Crippen LogP contribution in [0.3, 0.4) is 0 Å². The number of nitrogens with one attached hydrogen (secondary N) is 2. The molecule has 6 nitrogen and oxygen atoms in total. The number of hydrogen-bond donors (Lipinski definition) is 2. The van der Waals surface area contributed by atoms with Gasteiger partial charge in [0, 0.05) is 12.2 Å². The molecule has 0 radical (unpaired) electrons. The number of carbonyl (C=O) groups is 1. The summed E-state index contributed by atoms with van der Waals surface area (Å²) in [5.74, 6) is 0.820. The lowest BCUT2D eigenvalue weighted by molar-refractivity contribution is 0.0945. The third-order valence-corrected chi connectivity index (χ3v) is 4.09. The van der Waals surface area contributed by atoms with Crippen molar-refractivity contribution in [2.45, 2.75) is 27.3 Å². The molecule has 28 heavy (non-hydrogen) atoms. The number of aromatic nitrogens is 2. The Hall–Kier alpha value is -3.41. The molecule has 0 saturated heterocycles. The summed E-state index contributed by atoms with van der Waals surface area (Å²) in [5.41, 5.74) is 3.99. The van der Waals surface area contributed by atoms with E-state index < -0.39 is 0 Å². The molecule has 1 amide bonds. The number of rotatable bonds is 7. The fourth-order valence-electron chi connectivity index (χ4n) is 2.69. The van der Waals surface area contributed by atoms with Gasteiger partial charge in [-0.15, -0.1) is 0 Å². The number of ether oxygens (including phenoxy) is 1. The molecule has 6 heteroatoms. The summed E-state index contributed by atoms with van der Waals surface area (Å²) in [6.07, 6.45) is 0. The van der Waals surface area contributed by atoms with Gasteiger partial charge in [-0.05, 0) is 44.5 Å². The van der Waals surface area contributed by atoms with Gasteiger partial charge in [-0.25, -0.2) is 9.97 Å². The summed E-state index contributed by atoms with van der Waals surface area (Å²) in [4.78, 5) is 21.3. The summed E-state index contributed by atoms with van der Waals surface area (Å²) in [5, 5.41) is 6.05. The van der Waals surface area contributed by atoms with Crippen LogP contribution in [0.1, 0.15) is 34.2 Å². The SMILES string of the molecule is CCOc1ccccc1Nc1nc(C)cc(C(=O)NCc2ccc(C)cc2)n1. The molecule has 0 saturated carbocycles. The minimum atomic E-state index is -0.243.